The Labute approximate surface area is 170 Å². The van der Waals surface area contributed by atoms with Crippen molar-refractivity contribution in [2.75, 3.05) is 24.7 Å². The van der Waals surface area contributed by atoms with Gasteiger partial charge in [-0.05, 0) is 38.3 Å². The Morgan fingerprint density at radius 3 is 2.69 bits per heavy atom. The summed E-state index contributed by atoms with van der Waals surface area (Å²) in [6, 6.07) is 5.71. The second kappa shape index (κ2) is 8.11. The Morgan fingerprint density at radius 1 is 1.31 bits per heavy atom. The van der Waals surface area contributed by atoms with E-state index in [1.807, 2.05) is 32.0 Å². The molecule has 29 heavy (non-hydrogen) atoms. The molecule has 10 heteroatoms. The summed E-state index contributed by atoms with van der Waals surface area (Å²) in [5, 5.41) is 7.17. The maximum atomic E-state index is 12.6. The van der Waals surface area contributed by atoms with Gasteiger partial charge in [-0.15, -0.1) is 0 Å². The average Bonchev–Trinajstić information content (AvgIpc) is 2.92. The highest BCUT2D eigenvalue weighted by molar-refractivity contribution is 7.88. The van der Waals surface area contributed by atoms with Crippen LogP contribution in [-0.2, 0) is 28.4 Å². The number of anilines is 1. The number of carbonyl (C=O) groups excluding carboxylic acids is 1. The lowest BCUT2D eigenvalue weighted by Crippen LogP contribution is -2.39. The van der Waals surface area contributed by atoms with Gasteiger partial charge in [-0.25, -0.2) is 22.2 Å². The fourth-order valence-electron chi connectivity index (χ4n) is 3.70. The first-order chi connectivity index (χ1) is 13.6. The number of hydrogen-bond donors (Lipinski definition) is 1. The molecule has 0 saturated carbocycles. The van der Waals surface area contributed by atoms with Gasteiger partial charge in [0, 0.05) is 31.7 Å². The van der Waals surface area contributed by atoms with Crippen molar-refractivity contribution in [2.24, 2.45) is 7.05 Å². The number of nitrogens with one attached hydrogen (secondary N) is 1. The van der Waals surface area contributed by atoms with Crippen LogP contribution >= 0.6 is 0 Å². The smallest absolute Gasteiger partial charge is 0.324 e. The number of amides is 1. The van der Waals surface area contributed by atoms with Gasteiger partial charge in [-0.1, -0.05) is 17.7 Å². The molecule has 1 fully saturated rings. The first-order valence-electron chi connectivity index (χ1n) is 9.52. The number of aromatic nitrogens is 3. The van der Waals surface area contributed by atoms with Crippen molar-refractivity contribution in [3.8, 4) is 0 Å². The van der Waals surface area contributed by atoms with Crippen LogP contribution in [0.2, 0.25) is 0 Å². The molecule has 1 saturated heterocycles. The molecule has 1 atom stereocenters. The van der Waals surface area contributed by atoms with E-state index in [1.54, 1.807) is 7.05 Å². The Hall–Kier alpha value is -2.46. The Balaban J connectivity index is 1.76. The zero-order chi connectivity index (χ0) is 21.3. The predicted molar refractivity (Wildman–Crippen MR) is 110 cm³/mol. The number of hydrogen-bond acceptors (Lipinski definition) is 5. The van der Waals surface area contributed by atoms with E-state index in [4.69, 9.17) is 0 Å². The summed E-state index contributed by atoms with van der Waals surface area (Å²) < 4.78 is 27.7. The van der Waals surface area contributed by atoms with Crippen molar-refractivity contribution in [3.05, 3.63) is 45.6 Å². The molecule has 0 radical (unpaired) electrons. The quantitative estimate of drug-likeness (QED) is 0.774. The minimum atomic E-state index is -3.30. The Kier molecular flexibility index (Phi) is 5.95. The van der Waals surface area contributed by atoms with E-state index >= 15 is 0 Å². The highest BCUT2D eigenvalue weighted by Crippen LogP contribution is 2.26. The lowest BCUT2D eigenvalue weighted by molar-refractivity contribution is -0.117. The normalized spacial score (nSPS) is 18.0. The highest BCUT2D eigenvalue weighted by atomic mass is 32.2. The van der Waals surface area contributed by atoms with Crippen molar-refractivity contribution in [1.82, 2.24) is 18.7 Å². The number of nitrogens with zero attached hydrogens (tertiary/aromatic N) is 4. The Bertz CT molecular complexity index is 1090. The van der Waals surface area contributed by atoms with Gasteiger partial charge >= 0.3 is 5.69 Å². The van der Waals surface area contributed by atoms with Crippen molar-refractivity contribution in [1.29, 1.82) is 0 Å². The van der Waals surface area contributed by atoms with Gasteiger partial charge in [-0.2, -0.15) is 5.10 Å². The molecule has 2 aromatic rings. The van der Waals surface area contributed by atoms with Gasteiger partial charge in [0.25, 0.3) is 0 Å². The van der Waals surface area contributed by atoms with Crippen molar-refractivity contribution in [3.63, 3.8) is 0 Å². The molecule has 0 bridgehead atoms. The third kappa shape index (κ3) is 4.76. The SMILES string of the molecule is Cc1ccc(NC(=O)Cn2nc(C3CCCN(S(C)(=O)=O)C3)n(C)c2=O)c(C)c1. The summed E-state index contributed by atoms with van der Waals surface area (Å²) in [4.78, 5) is 25.0. The largest absolute Gasteiger partial charge is 0.346 e. The molecule has 1 unspecified atom stereocenters. The summed E-state index contributed by atoms with van der Waals surface area (Å²) in [7, 11) is -1.70. The fraction of sp³-hybridized carbons (Fsp3) is 0.526. The topological polar surface area (TPSA) is 106 Å². The molecule has 158 valence electrons. The number of benzene rings is 1. The number of sulfonamides is 1. The van der Waals surface area contributed by atoms with E-state index in [9.17, 15) is 18.0 Å². The van der Waals surface area contributed by atoms with Gasteiger partial charge in [0.05, 0.1) is 6.26 Å². The lowest BCUT2D eigenvalue weighted by atomic mass is 9.99. The summed E-state index contributed by atoms with van der Waals surface area (Å²) in [6.45, 7) is 4.44. The maximum absolute atomic E-state index is 12.6. The summed E-state index contributed by atoms with van der Waals surface area (Å²) in [5.41, 5.74) is 2.34. The van der Waals surface area contributed by atoms with Gasteiger partial charge in [0.15, 0.2) is 0 Å². The summed E-state index contributed by atoms with van der Waals surface area (Å²) in [5.74, 6) is -0.0207. The van der Waals surface area contributed by atoms with E-state index in [0.29, 0.717) is 24.5 Å². The minimum absolute atomic E-state index is 0.181. The molecule has 1 aliphatic rings. The van der Waals surface area contributed by atoms with Crippen LogP contribution in [0.3, 0.4) is 0 Å². The molecule has 1 aliphatic heterocycles. The summed E-state index contributed by atoms with van der Waals surface area (Å²) in [6.07, 6.45) is 2.63. The molecule has 2 heterocycles. The average molecular weight is 422 g/mol. The van der Waals surface area contributed by atoms with Gasteiger partial charge in [0.2, 0.25) is 15.9 Å². The van der Waals surface area contributed by atoms with Crippen molar-refractivity contribution < 1.29 is 13.2 Å². The number of aryl methyl sites for hydroxylation is 2. The van der Waals surface area contributed by atoms with Crippen LogP contribution in [0.4, 0.5) is 5.69 Å². The first-order valence-corrected chi connectivity index (χ1v) is 11.4. The number of rotatable bonds is 5. The van der Waals surface area contributed by atoms with E-state index < -0.39 is 15.7 Å². The molecule has 1 aromatic carbocycles. The molecular weight excluding hydrogens is 394 g/mol. The molecular formula is C19H27N5O4S. The standard InChI is InChI=1S/C19H27N5O4S/c1-13-7-8-16(14(2)10-13)20-17(25)12-24-19(26)22(3)18(21-24)15-6-5-9-23(11-15)29(4,27)28/h7-8,10,15H,5-6,9,11-12H2,1-4H3,(H,20,25). The van der Waals surface area contributed by atoms with E-state index in [0.717, 1.165) is 22.2 Å². The second-order valence-electron chi connectivity index (χ2n) is 7.68. The molecule has 1 amide bonds. The first kappa shape index (κ1) is 21.3. The second-order valence-corrected chi connectivity index (χ2v) is 9.67. The zero-order valence-corrected chi connectivity index (χ0v) is 18.0. The third-order valence-electron chi connectivity index (χ3n) is 5.24. The van der Waals surface area contributed by atoms with Gasteiger partial charge in [0.1, 0.15) is 12.4 Å². The van der Waals surface area contributed by atoms with E-state index in [-0.39, 0.29) is 24.9 Å². The molecule has 9 nitrogen and oxygen atoms in total. The number of piperidine rings is 1. The van der Waals surface area contributed by atoms with Crippen LogP contribution in [0.1, 0.15) is 35.7 Å². The van der Waals surface area contributed by atoms with Gasteiger partial charge < -0.3 is 5.32 Å². The lowest BCUT2D eigenvalue weighted by Gasteiger charge is -2.30. The summed E-state index contributed by atoms with van der Waals surface area (Å²) >= 11 is 0. The molecule has 1 aromatic heterocycles. The van der Waals surface area contributed by atoms with E-state index in [1.165, 1.54) is 15.1 Å². The third-order valence-corrected chi connectivity index (χ3v) is 6.51. The van der Waals surface area contributed by atoms with Crippen LogP contribution in [0.5, 0.6) is 0 Å². The monoisotopic (exact) mass is 421 g/mol. The van der Waals surface area contributed by atoms with Gasteiger partial charge in [-0.3, -0.25) is 9.36 Å². The Morgan fingerprint density at radius 2 is 2.03 bits per heavy atom. The molecule has 0 aliphatic carbocycles. The van der Waals surface area contributed by atoms with Crippen LogP contribution in [0, 0.1) is 13.8 Å². The van der Waals surface area contributed by atoms with E-state index in [2.05, 4.69) is 10.4 Å². The van der Waals surface area contributed by atoms with Crippen LogP contribution in [0.15, 0.2) is 23.0 Å². The van der Waals surface area contributed by atoms with Crippen LogP contribution in [0.25, 0.3) is 0 Å². The maximum Gasteiger partial charge on any atom is 0.346 e. The fourth-order valence-corrected chi connectivity index (χ4v) is 4.61. The van der Waals surface area contributed by atoms with Crippen LogP contribution in [-0.4, -0.2) is 52.3 Å². The minimum Gasteiger partial charge on any atom is -0.324 e. The molecule has 3 rings (SSSR count). The highest BCUT2D eigenvalue weighted by Gasteiger charge is 2.30. The van der Waals surface area contributed by atoms with Crippen molar-refractivity contribution in [2.45, 2.75) is 39.2 Å². The molecule has 0 spiro atoms. The molecule has 1 N–H and O–H groups in total. The van der Waals surface area contributed by atoms with Crippen molar-refractivity contribution >= 4 is 21.6 Å². The zero-order valence-electron chi connectivity index (χ0n) is 17.2. The van der Waals surface area contributed by atoms with Crippen LogP contribution < -0.4 is 11.0 Å². The predicted octanol–water partition coefficient (Wildman–Crippen LogP) is 0.976. The number of carbonyl (C=O) groups is 1.